The average molecular weight is 160 g/mol. The van der Waals surface area contributed by atoms with E-state index in [0.29, 0.717) is 0 Å². The van der Waals surface area contributed by atoms with Gasteiger partial charge in [-0.25, -0.2) is 0 Å². The van der Waals surface area contributed by atoms with Crippen molar-refractivity contribution in [2.24, 2.45) is 0 Å². The second-order valence-corrected chi connectivity index (χ2v) is 3.48. The van der Waals surface area contributed by atoms with Gasteiger partial charge >= 0.3 is 0 Å². The van der Waals surface area contributed by atoms with E-state index >= 15 is 0 Å². The molecule has 2 nitrogen and oxygen atoms in total. The molecule has 0 atom stereocenters. The van der Waals surface area contributed by atoms with Crippen LogP contribution in [-0.2, 0) is 4.74 Å². The van der Waals surface area contributed by atoms with E-state index in [4.69, 9.17) is 4.74 Å². The topological polar surface area (TPSA) is 9.23 Å². The summed E-state index contributed by atoms with van der Waals surface area (Å²) in [6.07, 6.45) is 2.47. The Labute approximate surface area is 70.7 Å². The minimum Gasteiger partial charge on any atom is -0.335 e. The number of nitrogens with zero attached hydrogens (tertiary/aromatic N) is 1. The summed E-state index contributed by atoms with van der Waals surface area (Å²) in [5.74, 6) is 0. The molecule has 0 rings (SSSR count). The van der Waals surface area contributed by atoms with Crippen LogP contribution in [0.1, 0.15) is 26.7 Å². The molecule has 0 aromatic rings. The maximum atomic E-state index is 5.18. The number of rotatable bonds is 6. The standard InChI is InChI=1S/C9H22NO/c1-5-7-10(3,8-6-2)9-11-4/h5-9H2,1-4H3/q+1. The first-order valence-electron chi connectivity index (χ1n) is 4.51. The van der Waals surface area contributed by atoms with Crippen LogP contribution in [0.25, 0.3) is 0 Å². The number of hydrogen-bond donors (Lipinski definition) is 0. The highest BCUT2D eigenvalue weighted by atomic mass is 16.5. The van der Waals surface area contributed by atoms with Gasteiger partial charge in [-0.1, -0.05) is 13.8 Å². The zero-order chi connectivity index (χ0) is 8.74. The Morgan fingerprint density at radius 1 is 1.09 bits per heavy atom. The van der Waals surface area contributed by atoms with Gasteiger partial charge in [-0.3, -0.25) is 0 Å². The van der Waals surface area contributed by atoms with E-state index in [2.05, 4.69) is 20.9 Å². The summed E-state index contributed by atoms with van der Waals surface area (Å²) in [6, 6.07) is 0. The van der Waals surface area contributed by atoms with Gasteiger partial charge in [0.25, 0.3) is 0 Å². The lowest BCUT2D eigenvalue weighted by molar-refractivity contribution is -0.927. The first-order chi connectivity index (χ1) is 5.18. The molecular formula is C9H22NO+. The van der Waals surface area contributed by atoms with Crippen LogP contribution in [0, 0.1) is 0 Å². The SMILES string of the molecule is CCC[N+](C)(CCC)COC. The second kappa shape index (κ2) is 5.56. The zero-order valence-electron chi connectivity index (χ0n) is 8.39. The zero-order valence-corrected chi connectivity index (χ0v) is 8.39. The first kappa shape index (κ1) is 10.9. The molecule has 0 bridgehead atoms. The predicted octanol–water partition coefficient (Wildman–Crippen LogP) is 1.86. The fourth-order valence-electron chi connectivity index (χ4n) is 1.63. The van der Waals surface area contributed by atoms with Crippen molar-refractivity contribution < 1.29 is 9.22 Å². The summed E-state index contributed by atoms with van der Waals surface area (Å²) in [7, 11) is 4.04. The maximum Gasteiger partial charge on any atom is 0.182 e. The molecule has 0 amide bonds. The summed E-state index contributed by atoms with van der Waals surface area (Å²) < 4.78 is 6.24. The van der Waals surface area contributed by atoms with Crippen LogP contribution in [0.3, 0.4) is 0 Å². The van der Waals surface area contributed by atoms with Gasteiger partial charge in [0.1, 0.15) is 0 Å². The molecule has 68 valence electrons. The minimum absolute atomic E-state index is 0.849. The fourth-order valence-corrected chi connectivity index (χ4v) is 1.63. The Morgan fingerprint density at radius 2 is 1.55 bits per heavy atom. The van der Waals surface area contributed by atoms with Gasteiger partial charge in [-0.15, -0.1) is 0 Å². The lowest BCUT2D eigenvalue weighted by Crippen LogP contribution is -2.46. The van der Waals surface area contributed by atoms with Gasteiger partial charge in [0, 0.05) is 7.11 Å². The average Bonchev–Trinajstić information content (AvgIpc) is 1.88. The number of methoxy groups -OCH3 is 1. The van der Waals surface area contributed by atoms with Gasteiger partial charge in [0.15, 0.2) is 6.73 Å². The lowest BCUT2D eigenvalue weighted by atomic mass is 10.3. The molecule has 0 saturated heterocycles. The highest BCUT2D eigenvalue weighted by Gasteiger charge is 2.17. The molecule has 0 radical (unpaired) electrons. The van der Waals surface area contributed by atoms with E-state index < -0.39 is 0 Å². The Kier molecular flexibility index (Phi) is 5.51. The van der Waals surface area contributed by atoms with Crippen molar-refractivity contribution in [3.8, 4) is 0 Å². The van der Waals surface area contributed by atoms with Crippen molar-refractivity contribution in [2.75, 3.05) is 34.0 Å². The minimum atomic E-state index is 0.849. The van der Waals surface area contributed by atoms with Gasteiger partial charge in [-0.2, -0.15) is 0 Å². The maximum absolute atomic E-state index is 5.18. The third-order valence-corrected chi connectivity index (χ3v) is 1.97. The molecule has 0 aromatic carbocycles. The molecule has 0 spiro atoms. The van der Waals surface area contributed by atoms with Crippen LogP contribution in [0.5, 0.6) is 0 Å². The molecule has 0 aromatic heterocycles. The summed E-state index contributed by atoms with van der Waals surface area (Å²) >= 11 is 0. The van der Waals surface area contributed by atoms with Crippen LogP contribution in [0.15, 0.2) is 0 Å². The number of hydrogen-bond acceptors (Lipinski definition) is 1. The molecule has 0 fully saturated rings. The van der Waals surface area contributed by atoms with E-state index in [9.17, 15) is 0 Å². The smallest absolute Gasteiger partial charge is 0.182 e. The number of quaternary nitrogens is 1. The van der Waals surface area contributed by atoms with Gasteiger partial charge in [0.05, 0.1) is 20.1 Å². The van der Waals surface area contributed by atoms with E-state index in [0.717, 1.165) is 11.2 Å². The molecule has 0 heterocycles. The molecular weight excluding hydrogens is 138 g/mol. The van der Waals surface area contributed by atoms with Crippen LogP contribution < -0.4 is 0 Å². The van der Waals surface area contributed by atoms with Gasteiger partial charge in [-0.05, 0) is 12.8 Å². The molecule has 0 unspecified atom stereocenters. The molecule has 0 saturated carbocycles. The van der Waals surface area contributed by atoms with E-state index in [-0.39, 0.29) is 0 Å². The summed E-state index contributed by atoms with van der Waals surface area (Å²) in [5.41, 5.74) is 0. The molecule has 0 aliphatic carbocycles. The van der Waals surface area contributed by atoms with Crippen molar-refractivity contribution in [3.63, 3.8) is 0 Å². The Balaban J connectivity index is 3.79. The van der Waals surface area contributed by atoms with Gasteiger partial charge < -0.3 is 9.22 Å². The highest BCUT2D eigenvalue weighted by molar-refractivity contribution is 4.33. The predicted molar refractivity (Wildman–Crippen MR) is 48.4 cm³/mol. The monoisotopic (exact) mass is 160 g/mol. The third-order valence-electron chi connectivity index (χ3n) is 1.97. The fraction of sp³-hybridized carbons (Fsp3) is 1.00. The molecule has 0 N–H and O–H groups in total. The van der Waals surface area contributed by atoms with Crippen LogP contribution in [-0.4, -0.2) is 38.5 Å². The summed E-state index contributed by atoms with van der Waals surface area (Å²) in [6.45, 7) is 7.74. The Morgan fingerprint density at radius 3 is 1.82 bits per heavy atom. The van der Waals surface area contributed by atoms with E-state index in [1.165, 1.54) is 25.9 Å². The van der Waals surface area contributed by atoms with E-state index in [1.807, 2.05) is 0 Å². The van der Waals surface area contributed by atoms with Crippen molar-refractivity contribution in [2.45, 2.75) is 26.7 Å². The summed E-state index contributed by atoms with van der Waals surface area (Å²) in [5, 5.41) is 0. The molecule has 0 aliphatic rings. The molecule has 0 aliphatic heterocycles. The van der Waals surface area contributed by atoms with Crippen molar-refractivity contribution in [3.05, 3.63) is 0 Å². The van der Waals surface area contributed by atoms with Gasteiger partial charge in [0.2, 0.25) is 0 Å². The second-order valence-electron chi connectivity index (χ2n) is 3.48. The lowest BCUT2D eigenvalue weighted by Gasteiger charge is -2.32. The van der Waals surface area contributed by atoms with Crippen LogP contribution in [0.4, 0.5) is 0 Å². The molecule has 11 heavy (non-hydrogen) atoms. The Hall–Kier alpha value is -0.0800. The summed E-state index contributed by atoms with van der Waals surface area (Å²) in [4.78, 5) is 0. The Bertz CT molecular complexity index is 76.5. The highest BCUT2D eigenvalue weighted by Crippen LogP contribution is 2.04. The quantitative estimate of drug-likeness (QED) is 0.425. The van der Waals surface area contributed by atoms with Crippen molar-refractivity contribution in [1.29, 1.82) is 0 Å². The third kappa shape index (κ3) is 4.38. The van der Waals surface area contributed by atoms with Crippen molar-refractivity contribution in [1.82, 2.24) is 0 Å². The molecule has 2 heteroatoms. The largest absolute Gasteiger partial charge is 0.335 e. The van der Waals surface area contributed by atoms with Crippen LogP contribution >= 0.6 is 0 Å². The van der Waals surface area contributed by atoms with Crippen molar-refractivity contribution >= 4 is 0 Å². The van der Waals surface area contributed by atoms with Crippen LogP contribution in [0.2, 0.25) is 0 Å². The normalized spacial score (nSPS) is 12.0. The van der Waals surface area contributed by atoms with E-state index in [1.54, 1.807) is 7.11 Å². The number of ether oxygens (including phenoxy) is 1. The first-order valence-corrected chi connectivity index (χ1v) is 4.51.